The van der Waals surface area contributed by atoms with Crippen molar-refractivity contribution in [3.63, 3.8) is 0 Å². The van der Waals surface area contributed by atoms with Crippen LogP contribution in [0.3, 0.4) is 0 Å². The van der Waals surface area contributed by atoms with Crippen LogP contribution in [0.1, 0.15) is 37.7 Å². The van der Waals surface area contributed by atoms with Crippen molar-refractivity contribution in [2.24, 2.45) is 0 Å². The molecule has 0 N–H and O–H groups in total. The molecule has 0 saturated heterocycles. The second-order valence-corrected chi connectivity index (χ2v) is 8.06. The summed E-state index contributed by atoms with van der Waals surface area (Å²) in [6.45, 7) is 3.46. The maximum atomic E-state index is 12.7. The highest BCUT2D eigenvalue weighted by Gasteiger charge is 2.28. The smallest absolute Gasteiger partial charge is 0.340 e. The first-order valence-electron chi connectivity index (χ1n) is 10.1. The molecule has 1 heterocycles. The molecule has 0 bridgehead atoms. The first-order chi connectivity index (χ1) is 16.2. The third-order valence-corrected chi connectivity index (χ3v) is 5.93. The number of methoxy groups -OCH3 is 3. The fourth-order valence-electron chi connectivity index (χ4n) is 3.60. The molecule has 0 amide bonds. The Hall–Kier alpha value is -3.29. The van der Waals surface area contributed by atoms with E-state index in [0.717, 1.165) is 0 Å². The van der Waals surface area contributed by atoms with Crippen LogP contribution in [0.15, 0.2) is 36.4 Å². The predicted molar refractivity (Wildman–Crippen MR) is 129 cm³/mol. The largest absolute Gasteiger partial charge is 0.493 e. The Morgan fingerprint density at radius 1 is 0.853 bits per heavy atom. The molecule has 9 heteroatoms. The molecule has 34 heavy (non-hydrogen) atoms. The van der Waals surface area contributed by atoms with Crippen molar-refractivity contribution in [2.75, 3.05) is 21.3 Å². The van der Waals surface area contributed by atoms with Crippen molar-refractivity contribution in [3.05, 3.63) is 74.5 Å². The molecule has 0 fully saturated rings. The van der Waals surface area contributed by atoms with Gasteiger partial charge in [-0.05, 0) is 43.7 Å². The number of aryl methyl sites for hydroxylation is 2. The van der Waals surface area contributed by atoms with Gasteiger partial charge in [-0.3, -0.25) is 4.98 Å². The van der Waals surface area contributed by atoms with E-state index >= 15 is 0 Å². The lowest BCUT2D eigenvalue weighted by Gasteiger charge is -2.18. The fraction of sp³-hybridized carbons (Fsp3) is 0.240. The number of carbonyl (C=O) groups excluding carboxylic acids is 2. The van der Waals surface area contributed by atoms with Crippen LogP contribution in [0.2, 0.25) is 10.0 Å². The third-order valence-electron chi connectivity index (χ3n) is 5.22. The summed E-state index contributed by atoms with van der Waals surface area (Å²) < 4.78 is 21.4. The van der Waals surface area contributed by atoms with E-state index in [4.69, 9.17) is 42.1 Å². The minimum absolute atomic E-state index is 0.114. The number of nitrogens with zero attached hydrogens (tertiary/aromatic N) is 1. The van der Waals surface area contributed by atoms with Gasteiger partial charge >= 0.3 is 11.9 Å². The Kier molecular flexibility index (Phi) is 8.02. The molecule has 1 aromatic heterocycles. The van der Waals surface area contributed by atoms with Crippen LogP contribution in [0, 0.1) is 13.8 Å². The Morgan fingerprint density at radius 3 is 1.91 bits per heavy atom. The molecule has 0 saturated carbocycles. The van der Waals surface area contributed by atoms with Gasteiger partial charge in [0.2, 0.25) is 0 Å². The number of hydrogen-bond donors (Lipinski definition) is 0. The zero-order valence-electron chi connectivity index (χ0n) is 19.3. The molecule has 7 nitrogen and oxygen atoms in total. The lowest BCUT2D eigenvalue weighted by Crippen LogP contribution is -2.16. The number of carbonyl (C=O) groups is 2. The van der Waals surface area contributed by atoms with Crippen molar-refractivity contribution in [2.45, 2.75) is 20.5 Å². The summed E-state index contributed by atoms with van der Waals surface area (Å²) >= 11 is 12.5. The van der Waals surface area contributed by atoms with E-state index in [0.29, 0.717) is 49.6 Å². The number of benzene rings is 2. The topological polar surface area (TPSA) is 84.0 Å². The average molecular weight is 504 g/mol. The molecular formula is C25H23Cl2NO6. The van der Waals surface area contributed by atoms with E-state index in [9.17, 15) is 9.59 Å². The highest BCUT2D eigenvalue weighted by molar-refractivity contribution is 6.35. The molecule has 0 unspecified atom stereocenters. The van der Waals surface area contributed by atoms with E-state index in [-0.39, 0.29) is 17.7 Å². The molecule has 3 aromatic rings. The van der Waals surface area contributed by atoms with Gasteiger partial charge in [0.25, 0.3) is 0 Å². The second kappa shape index (κ2) is 10.8. The Balaban J connectivity index is 2.13. The van der Waals surface area contributed by atoms with E-state index < -0.39 is 11.9 Å². The molecule has 0 radical (unpaired) electrons. The molecule has 0 aliphatic rings. The van der Waals surface area contributed by atoms with Crippen molar-refractivity contribution in [1.29, 1.82) is 0 Å². The number of ether oxygens (including phenoxy) is 4. The summed E-state index contributed by atoms with van der Waals surface area (Å²) in [5, 5.41) is 0.965. The molecule has 0 aliphatic carbocycles. The minimum atomic E-state index is -0.627. The Morgan fingerprint density at radius 2 is 1.41 bits per heavy atom. The molecule has 2 aromatic carbocycles. The lowest BCUT2D eigenvalue weighted by molar-refractivity contribution is 0.0599. The van der Waals surface area contributed by atoms with Gasteiger partial charge in [-0.2, -0.15) is 0 Å². The second-order valence-electron chi connectivity index (χ2n) is 7.25. The summed E-state index contributed by atoms with van der Waals surface area (Å²) in [6.07, 6.45) is 0. The quantitative estimate of drug-likeness (QED) is 0.374. The normalized spacial score (nSPS) is 10.6. The summed E-state index contributed by atoms with van der Waals surface area (Å²) in [7, 11) is 4.01. The fourth-order valence-corrected chi connectivity index (χ4v) is 4.11. The summed E-state index contributed by atoms with van der Waals surface area (Å²) in [5.74, 6) is -0.459. The zero-order chi connectivity index (χ0) is 25.0. The lowest BCUT2D eigenvalue weighted by atomic mass is 9.92. The monoisotopic (exact) mass is 503 g/mol. The Labute approximate surface area is 207 Å². The van der Waals surface area contributed by atoms with E-state index in [1.165, 1.54) is 21.3 Å². The van der Waals surface area contributed by atoms with Crippen LogP contribution in [0.5, 0.6) is 11.5 Å². The summed E-state index contributed by atoms with van der Waals surface area (Å²) in [4.78, 5) is 29.7. The summed E-state index contributed by atoms with van der Waals surface area (Å²) in [5.41, 5.74) is 2.65. The molecule has 0 aliphatic heterocycles. The van der Waals surface area contributed by atoms with Crippen molar-refractivity contribution in [1.82, 2.24) is 4.98 Å². The highest BCUT2D eigenvalue weighted by Crippen LogP contribution is 2.38. The van der Waals surface area contributed by atoms with Crippen molar-refractivity contribution >= 4 is 35.1 Å². The van der Waals surface area contributed by atoms with Crippen LogP contribution in [0.4, 0.5) is 0 Å². The predicted octanol–water partition coefficient (Wildman–Crippen LogP) is 5.83. The number of pyridine rings is 1. The minimum Gasteiger partial charge on any atom is -0.493 e. The molecular weight excluding hydrogens is 481 g/mol. The highest BCUT2D eigenvalue weighted by atomic mass is 35.5. The van der Waals surface area contributed by atoms with Gasteiger partial charge in [-0.15, -0.1) is 0 Å². The Bertz CT molecular complexity index is 1200. The van der Waals surface area contributed by atoms with E-state index in [1.54, 1.807) is 50.2 Å². The van der Waals surface area contributed by atoms with Gasteiger partial charge < -0.3 is 18.9 Å². The number of aromatic nitrogens is 1. The molecule has 178 valence electrons. The van der Waals surface area contributed by atoms with Gasteiger partial charge in [-0.25, -0.2) is 9.59 Å². The van der Waals surface area contributed by atoms with Crippen LogP contribution in [-0.4, -0.2) is 38.3 Å². The molecule has 0 atom stereocenters. The van der Waals surface area contributed by atoms with Gasteiger partial charge in [0, 0.05) is 21.2 Å². The van der Waals surface area contributed by atoms with E-state index in [2.05, 4.69) is 4.98 Å². The number of hydrogen-bond acceptors (Lipinski definition) is 7. The first kappa shape index (κ1) is 25.3. The maximum absolute atomic E-state index is 12.7. The third kappa shape index (κ3) is 4.95. The molecule has 0 spiro atoms. The van der Waals surface area contributed by atoms with Crippen LogP contribution in [-0.2, 0) is 16.1 Å². The van der Waals surface area contributed by atoms with Gasteiger partial charge in [0.15, 0.2) is 11.5 Å². The van der Waals surface area contributed by atoms with Crippen LogP contribution < -0.4 is 9.47 Å². The molecule has 3 rings (SSSR count). The van der Waals surface area contributed by atoms with Gasteiger partial charge in [-0.1, -0.05) is 35.3 Å². The first-order valence-corrected chi connectivity index (χ1v) is 10.9. The average Bonchev–Trinajstić information content (AvgIpc) is 2.82. The number of rotatable bonds is 7. The zero-order valence-corrected chi connectivity index (χ0v) is 20.8. The number of esters is 2. The van der Waals surface area contributed by atoms with Gasteiger partial charge in [0.1, 0.15) is 6.61 Å². The maximum Gasteiger partial charge on any atom is 0.340 e. The van der Waals surface area contributed by atoms with Crippen LogP contribution >= 0.6 is 23.2 Å². The SMILES string of the molecule is COC(=O)c1c(C)nc(C)c(C(=O)OC)c1-c1ccc(OCc2c(Cl)cccc2Cl)c(OC)c1. The van der Waals surface area contributed by atoms with E-state index in [1.807, 2.05) is 0 Å². The number of halogens is 2. The van der Waals surface area contributed by atoms with Crippen molar-refractivity contribution in [3.8, 4) is 22.6 Å². The van der Waals surface area contributed by atoms with Crippen LogP contribution in [0.25, 0.3) is 11.1 Å². The van der Waals surface area contributed by atoms with Gasteiger partial charge in [0.05, 0.1) is 43.8 Å². The van der Waals surface area contributed by atoms with Crippen molar-refractivity contribution < 1.29 is 28.5 Å². The summed E-state index contributed by atoms with van der Waals surface area (Å²) in [6, 6.07) is 10.2. The standard InChI is InChI=1S/C25H23Cl2NO6/c1-13-21(24(29)32-4)23(22(14(2)28-13)25(30)33-5)15-9-10-19(20(11-15)31-3)34-12-16-17(26)7-6-8-18(16)27/h6-11H,12H2,1-5H3.